The zero-order chi connectivity index (χ0) is 15.6. The lowest BCUT2D eigenvalue weighted by Crippen LogP contribution is -2.50. The Balaban J connectivity index is 4.26. The van der Waals surface area contributed by atoms with Gasteiger partial charge in [-0.05, 0) is 25.7 Å². The fraction of sp³-hybridized carbons (Fsp3) is 0.917. The third kappa shape index (κ3) is 7.81. The van der Waals surface area contributed by atoms with Gasteiger partial charge in [0.1, 0.15) is 5.54 Å². The average molecular weight is 290 g/mol. The van der Waals surface area contributed by atoms with Crippen LogP contribution in [0.15, 0.2) is 0 Å². The average Bonchev–Trinajstić information content (AvgIpc) is 2.39. The first-order chi connectivity index (χ1) is 9.35. The van der Waals surface area contributed by atoms with Crippen LogP contribution in [0.4, 0.5) is 0 Å². The van der Waals surface area contributed by atoms with E-state index in [1.165, 1.54) is 0 Å². The smallest absolute Gasteiger partial charge is 0.451 e. The normalized spacial score (nSPS) is 14.3. The highest BCUT2D eigenvalue weighted by Crippen LogP contribution is 2.18. The van der Waals surface area contributed by atoms with Crippen molar-refractivity contribution in [3.05, 3.63) is 0 Å². The number of nitrogens with two attached hydrogens (primary N) is 1. The van der Waals surface area contributed by atoms with Crippen molar-refractivity contribution in [2.24, 2.45) is 5.73 Å². The molecule has 8 heteroatoms. The monoisotopic (exact) mass is 290 g/mol. The van der Waals surface area contributed by atoms with Gasteiger partial charge in [-0.25, -0.2) is 0 Å². The van der Waals surface area contributed by atoms with Gasteiger partial charge in [-0.15, -0.1) is 0 Å². The van der Waals surface area contributed by atoms with E-state index in [9.17, 15) is 9.90 Å². The van der Waals surface area contributed by atoms with Gasteiger partial charge in [0.25, 0.3) is 0 Å². The molecule has 0 rings (SSSR count). The molecule has 0 saturated heterocycles. The van der Waals surface area contributed by atoms with Crippen molar-refractivity contribution in [3.63, 3.8) is 0 Å². The molecule has 7 nitrogen and oxygen atoms in total. The Hall–Kier alpha value is -0.665. The minimum atomic E-state index is -1.35. The first kappa shape index (κ1) is 19.3. The van der Waals surface area contributed by atoms with E-state index in [1.54, 1.807) is 0 Å². The summed E-state index contributed by atoms with van der Waals surface area (Å²) in [4.78, 5) is 13.3. The largest absolute Gasteiger partial charge is 0.480 e. The summed E-state index contributed by atoms with van der Waals surface area (Å²) < 4.78 is 0. The van der Waals surface area contributed by atoms with E-state index in [0.29, 0.717) is 38.8 Å². The molecule has 0 spiro atoms. The number of carboxylic acids is 1. The molecule has 1 unspecified atom stereocenters. The standard InChI is InChI=1S/C12H27BN2O5/c1-2-15(9-10-16)8-6-12(14,11(17)18)5-3-4-7-13(19)20/h16,19-20H,2-10,14H2,1H3,(H,17,18). The summed E-state index contributed by atoms with van der Waals surface area (Å²) in [6.07, 6.45) is 1.88. The molecule has 0 heterocycles. The number of aliphatic hydroxyl groups excluding tert-OH is 1. The van der Waals surface area contributed by atoms with Crippen LogP contribution in [0.1, 0.15) is 32.6 Å². The summed E-state index contributed by atoms with van der Waals surface area (Å²) in [6.45, 7) is 3.72. The van der Waals surface area contributed by atoms with Crippen LogP contribution in [0.2, 0.25) is 6.32 Å². The van der Waals surface area contributed by atoms with Crippen LogP contribution in [0, 0.1) is 0 Å². The van der Waals surface area contributed by atoms with Gasteiger partial charge in [-0.2, -0.15) is 0 Å². The highest BCUT2D eigenvalue weighted by molar-refractivity contribution is 6.40. The zero-order valence-corrected chi connectivity index (χ0v) is 12.2. The van der Waals surface area contributed by atoms with Crippen LogP contribution in [-0.2, 0) is 4.79 Å². The van der Waals surface area contributed by atoms with Crippen molar-refractivity contribution in [1.82, 2.24) is 4.90 Å². The highest BCUT2D eigenvalue weighted by atomic mass is 16.4. The molecule has 6 N–H and O–H groups in total. The number of aliphatic carboxylic acids is 1. The maximum absolute atomic E-state index is 11.3. The molecule has 0 aromatic carbocycles. The minimum Gasteiger partial charge on any atom is -0.480 e. The number of hydrogen-bond donors (Lipinski definition) is 5. The predicted octanol–water partition coefficient (Wildman–Crippen LogP) is -0.884. The SMILES string of the molecule is CCN(CCO)CCC(N)(CCCCB(O)O)C(=O)O. The van der Waals surface area contributed by atoms with Crippen molar-refractivity contribution in [3.8, 4) is 0 Å². The van der Waals surface area contributed by atoms with E-state index in [-0.39, 0.29) is 12.9 Å². The molecule has 0 saturated carbocycles. The molecular formula is C12H27BN2O5. The fourth-order valence-corrected chi connectivity index (χ4v) is 2.03. The lowest BCUT2D eigenvalue weighted by Gasteiger charge is -2.28. The molecule has 20 heavy (non-hydrogen) atoms. The summed E-state index contributed by atoms with van der Waals surface area (Å²) in [6, 6.07) is 0. The third-order valence-electron chi connectivity index (χ3n) is 3.50. The molecule has 0 amide bonds. The van der Waals surface area contributed by atoms with Gasteiger partial charge in [0.2, 0.25) is 0 Å². The Bertz CT molecular complexity index is 281. The van der Waals surface area contributed by atoms with Crippen molar-refractivity contribution < 1.29 is 25.1 Å². The fourth-order valence-electron chi connectivity index (χ4n) is 2.03. The van der Waals surface area contributed by atoms with Gasteiger partial charge in [-0.3, -0.25) is 4.79 Å². The number of unbranched alkanes of at least 4 members (excludes halogenated alkanes) is 1. The number of carboxylic acid groups (broad SMARTS) is 1. The van der Waals surface area contributed by atoms with Gasteiger partial charge in [0.15, 0.2) is 0 Å². The maximum atomic E-state index is 11.3. The van der Waals surface area contributed by atoms with E-state index >= 15 is 0 Å². The summed E-state index contributed by atoms with van der Waals surface area (Å²) in [7, 11) is -1.35. The quantitative estimate of drug-likeness (QED) is 0.233. The number of carbonyl (C=O) groups is 1. The molecule has 0 aliphatic heterocycles. The first-order valence-electron chi connectivity index (χ1n) is 7.07. The molecule has 0 fully saturated rings. The van der Waals surface area contributed by atoms with Crippen molar-refractivity contribution in [2.45, 2.75) is 44.5 Å². The Morgan fingerprint density at radius 3 is 2.35 bits per heavy atom. The van der Waals surface area contributed by atoms with Gasteiger partial charge < -0.3 is 30.9 Å². The van der Waals surface area contributed by atoms with Crippen LogP contribution in [-0.4, -0.2) is 70.0 Å². The lowest BCUT2D eigenvalue weighted by molar-refractivity contribution is -0.144. The van der Waals surface area contributed by atoms with Gasteiger partial charge in [-0.1, -0.05) is 19.8 Å². The second-order valence-electron chi connectivity index (χ2n) is 5.10. The van der Waals surface area contributed by atoms with Crippen LogP contribution < -0.4 is 5.73 Å². The topological polar surface area (TPSA) is 127 Å². The summed E-state index contributed by atoms with van der Waals surface area (Å²) >= 11 is 0. The Labute approximate surface area is 120 Å². The highest BCUT2D eigenvalue weighted by Gasteiger charge is 2.33. The van der Waals surface area contributed by atoms with Gasteiger partial charge in [0, 0.05) is 13.1 Å². The molecule has 0 aliphatic rings. The number of nitrogens with zero attached hydrogens (tertiary/aromatic N) is 1. The molecule has 1 atom stereocenters. The van der Waals surface area contributed by atoms with Crippen molar-refractivity contribution >= 4 is 13.1 Å². The number of aliphatic hydroxyl groups is 1. The number of hydrogen-bond acceptors (Lipinski definition) is 6. The maximum Gasteiger partial charge on any atom is 0.451 e. The van der Waals surface area contributed by atoms with E-state index in [1.807, 2.05) is 11.8 Å². The summed E-state index contributed by atoms with van der Waals surface area (Å²) in [5.41, 5.74) is 4.64. The molecule has 0 aromatic heterocycles. The van der Waals surface area contributed by atoms with Crippen LogP contribution >= 0.6 is 0 Å². The van der Waals surface area contributed by atoms with Crippen molar-refractivity contribution in [1.29, 1.82) is 0 Å². The summed E-state index contributed by atoms with van der Waals surface area (Å²) in [5, 5.41) is 35.6. The number of rotatable bonds is 12. The molecular weight excluding hydrogens is 263 g/mol. The molecule has 0 bridgehead atoms. The van der Waals surface area contributed by atoms with Gasteiger partial charge in [0.05, 0.1) is 6.61 Å². The molecule has 0 aliphatic carbocycles. The van der Waals surface area contributed by atoms with Gasteiger partial charge >= 0.3 is 13.1 Å². The van der Waals surface area contributed by atoms with Crippen LogP contribution in [0.3, 0.4) is 0 Å². The van der Waals surface area contributed by atoms with Crippen LogP contribution in [0.5, 0.6) is 0 Å². The van der Waals surface area contributed by atoms with Crippen LogP contribution in [0.25, 0.3) is 0 Å². The lowest BCUT2D eigenvalue weighted by atomic mass is 9.81. The molecule has 0 aromatic rings. The molecule has 0 radical (unpaired) electrons. The van der Waals surface area contributed by atoms with E-state index in [4.69, 9.17) is 20.9 Å². The zero-order valence-electron chi connectivity index (χ0n) is 12.2. The van der Waals surface area contributed by atoms with E-state index in [0.717, 1.165) is 6.54 Å². The Morgan fingerprint density at radius 2 is 1.90 bits per heavy atom. The summed E-state index contributed by atoms with van der Waals surface area (Å²) in [5.74, 6) is -1.04. The van der Waals surface area contributed by atoms with E-state index < -0.39 is 18.6 Å². The Kier molecular flexibility index (Phi) is 9.78. The first-order valence-corrected chi connectivity index (χ1v) is 7.07. The third-order valence-corrected chi connectivity index (χ3v) is 3.50. The van der Waals surface area contributed by atoms with E-state index in [2.05, 4.69) is 0 Å². The second-order valence-corrected chi connectivity index (χ2v) is 5.10. The second kappa shape index (κ2) is 10.1. The van der Waals surface area contributed by atoms with Crippen molar-refractivity contribution in [2.75, 3.05) is 26.2 Å². The molecule has 118 valence electrons. The predicted molar refractivity (Wildman–Crippen MR) is 77.2 cm³/mol. The number of likely N-dealkylation sites (N-methyl/N-ethyl adjacent to an activating group) is 1. The Morgan fingerprint density at radius 1 is 1.25 bits per heavy atom. The minimum absolute atomic E-state index is 0.0346.